The number of aromatic nitrogens is 10. The smallest absolute Gasteiger partial charge is 0.354 e. The first-order chi connectivity index (χ1) is 60.0. The molecule has 129 heavy (non-hydrogen) atoms. The number of thiophene rings is 1. The van der Waals surface area contributed by atoms with E-state index in [0.717, 1.165) is 56.9 Å². The Hall–Kier alpha value is -12.2. The van der Waals surface area contributed by atoms with Crippen LogP contribution in [0.5, 0.6) is 0 Å². The summed E-state index contributed by atoms with van der Waals surface area (Å²) in [5.74, 6) is -4.58. The summed E-state index contributed by atoms with van der Waals surface area (Å²) >= 11 is 3.41. The summed E-state index contributed by atoms with van der Waals surface area (Å²) in [5.41, 5.74) is 7.45. The number of thiazole rings is 1. The van der Waals surface area contributed by atoms with Crippen molar-refractivity contribution in [3.05, 3.63) is 477 Å². The van der Waals surface area contributed by atoms with Crippen LogP contribution in [0.3, 0.4) is 0 Å². The third kappa shape index (κ3) is 34.4. The minimum Gasteiger partial charge on any atom is -0.507 e. The van der Waals surface area contributed by atoms with Crippen molar-refractivity contribution in [2.45, 2.75) is 0 Å². The maximum absolute atomic E-state index is 13.5. The zero-order chi connectivity index (χ0) is 86.3. The predicted octanol–water partition coefficient (Wildman–Crippen LogP) is 23.5. The Kier molecular flexibility index (Phi) is 48.0. The van der Waals surface area contributed by atoms with E-state index in [1.54, 1.807) is 157 Å². The van der Waals surface area contributed by atoms with Gasteiger partial charge in [-0.15, -0.1) is 107 Å². The maximum Gasteiger partial charge on any atom is 0.354 e. The number of aliphatic hydroxyl groups is 1. The zero-order valence-electron chi connectivity index (χ0n) is 66.5. The van der Waals surface area contributed by atoms with Gasteiger partial charge < -0.3 is 44.4 Å². The second kappa shape index (κ2) is 57.6. The standard InChI is InChI=1S/C17H10F2N.C15H12O2.C13H8NS.2C11H6F2N.C11H7N2S.C9H7N2.2C6H5NO2.6Ir/c18-13-6-4-12(5-7-13)16-11-14(19)8-9-15(16)17-3-1-2-10-20-17;16-14(12-7-3-1-4-8-12)11-15(17)13-9-5-2-6-10-13;1-2-7-12-10(5-1)9-13(15-12)11-6-3-4-8-14-11;2*12-8-4-5-9(10(13)7-8)11-3-1-2-6-14-11;1-2-6-10-9(5-1)12-11(14-10)13-7-3-4-8-13;1-2-6-10-9(5-1)11-7-3-4-8-11;2*8-6(9)5-3-1-2-4-7-5;;;;;;/h1-8,10-11H;1-11,16H;1-8H;2*1-4,6-7H;1-7H;1-7H;2*1-4H,(H,8,9);;;;;;/q-1;;5*-1;;;;;;;;. The summed E-state index contributed by atoms with van der Waals surface area (Å²) in [5, 5.41) is 28.6. The minimum atomic E-state index is -0.990. The molecule has 6 radical (unpaired) electrons. The quantitative estimate of drug-likeness (QED) is 0.0340. The maximum atomic E-state index is 13.5. The van der Waals surface area contributed by atoms with Crippen LogP contribution in [0.25, 0.3) is 92.5 Å². The number of ketones is 1. The van der Waals surface area contributed by atoms with Crippen LogP contribution in [0, 0.1) is 71.6 Å². The minimum absolute atomic E-state index is 0. The number of para-hydroxylation sites is 1. The summed E-state index contributed by atoms with van der Waals surface area (Å²) < 4.78 is 84.3. The Balaban J connectivity index is 0.000000258. The van der Waals surface area contributed by atoms with Crippen LogP contribution in [0.1, 0.15) is 36.9 Å². The number of nitrogens with zero attached hydrogens (tertiary/aromatic N) is 10. The molecule has 8 aromatic carbocycles. The number of rotatable bonds is 12. The van der Waals surface area contributed by atoms with Gasteiger partial charge in [-0.25, -0.2) is 35.3 Å². The molecule has 0 saturated heterocycles. The van der Waals surface area contributed by atoms with E-state index in [0.29, 0.717) is 39.3 Å². The van der Waals surface area contributed by atoms with Gasteiger partial charge in [-0.2, -0.15) is 12.1 Å². The van der Waals surface area contributed by atoms with E-state index in [2.05, 4.69) is 101 Å². The predicted molar refractivity (Wildman–Crippen MR) is 465 cm³/mol. The van der Waals surface area contributed by atoms with Crippen LogP contribution >= 0.6 is 22.7 Å². The van der Waals surface area contributed by atoms with Crippen molar-refractivity contribution in [1.29, 1.82) is 0 Å². The number of hydrogen-bond acceptors (Lipinski definition) is 14. The summed E-state index contributed by atoms with van der Waals surface area (Å²) in [6, 6.07) is 103. The Morgan fingerprint density at radius 3 is 1.20 bits per heavy atom. The van der Waals surface area contributed by atoms with E-state index in [1.807, 2.05) is 155 Å². The van der Waals surface area contributed by atoms with Crippen molar-refractivity contribution in [3.63, 3.8) is 0 Å². The van der Waals surface area contributed by atoms with Crippen molar-refractivity contribution in [1.82, 2.24) is 49.0 Å². The number of aliphatic hydroxyl groups excluding tert-OH is 1. The molecule has 662 valence electrons. The van der Waals surface area contributed by atoms with Gasteiger partial charge in [-0.05, 0) is 106 Å². The first-order valence-corrected chi connectivity index (χ1v) is 38.6. The molecule has 0 aliphatic rings. The molecule has 30 heteroatoms. The van der Waals surface area contributed by atoms with Gasteiger partial charge >= 0.3 is 11.9 Å². The number of carboxylic acid groups (broad SMARTS) is 2. The van der Waals surface area contributed by atoms with E-state index in [4.69, 9.17) is 10.2 Å². The van der Waals surface area contributed by atoms with E-state index in [9.17, 15) is 45.8 Å². The number of allylic oxidation sites excluding steroid dienone is 1. The van der Waals surface area contributed by atoms with Crippen molar-refractivity contribution >= 4 is 66.5 Å². The first-order valence-electron chi connectivity index (χ1n) is 37.0. The molecule has 11 heterocycles. The molecule has 0 unspecified atom stereocenters. The van der Waals surface area contributed by atoms with E-state index < -0.39 is 35.2 Å². The van der Waals surface area contributed by atoms with Crippen LogP contribution in [0.4, 0.5) is 26.3 Å². The number of halogens is 6. The average molecular weight is 2820 g/mol. The Labute approximate surface area is 827 Å². The molecule has 3 N–H and O–H groups in total. The number of carbonyl (C=O) groups is 3. The number of aromatic carboxylic acids is 2. The van der Waals surface area contributed by atoms with Crippen molar-refractivity contribution in [3.8, 4) is 66.4 Å². The van der Waals surface area contributed by atoms with Crippen molar-refractivity contribution in [2.24, 2.45) is 0 Å². The Morgan fingerprint density at radius 1 is 0.364 bits per heavy atom. The van der Waals surface area contributed by atoms with Gasteiger partial charge in [-0.3, -0.25) is 36.7 Å². The van der Waals surface area contributed by atoms with E-state index >= 15 is 0 Å². The summed E-state index contributed by atoms with van der Waals surface area (Å²) in [6.45, 7) is 0. The number of hydrogen-bond donors (Lipinski definition) is 3. The van der Waals surface area contributed by atoms with Gasteiger partial charge in [0.15, 0.2) is 5.78 Å². The molecule has 0 bridgehead atoms. The molecule has 19 rings (SSSR count). The van der Waals surface area contributed by atoms with Gasteiger partial charge in [-0.1, -0.05) is 217 Å². The molecule has 19 aromatic rings. The van der Waals surface area contributed by atoms with Crippen LogP contribution in [-0.2, 0) is 121 Å². The second-order valence-electron chi connectivity index (χ2n) is 24.9. The molecule has 0 aliphatic heterocycles. The first kappa shape index (κ1) is 107. The summed E-state index contributed by atoms with van der Waals surface area (Å²) in [7, 11) is 0. The van der Waals surface area contributed by atoms with E-state index in [-0.39, 0.29) is 166 Å². The molecular formula is C99H66F6Ir6N10O6S2-6. The topological polar surface area (TPSA) is 225 Å². The molecule has 0 amide bonds. The largest absolute Gasteiger partial charge is 0.507 e. The van der Waals surface area contributed by atoms with Gasteiger partial charge in [0, 0.05) is 221 Å². The average Bonchev–Trinajstić information content (AvgIpc) is 1.66. The SMILES string of the molecule is Fc1c[c-]c(-c2ccccn2)c(F)c1.Fc1c[c-]c(-c2ccccn2)c(F)c1.Fc1ccc(-c2cc(F)c[c-]c2-c2ccccn2)cc1.O=C(C=C(O)c1ccccc1)c1ccccc1.O=C(O)c1ccccn1.O=C(O)c1ccccn1.[Ir].[Ir].[Ir].[Ir].[Ir].[Ir].[c-]1c(-c2ccccn2)sc2ccccc12.[c-]1cccn1-c1ccccn1.[c-]1cccn1-c1nc2ccccc2s1. The molecule has 0 saturated carbocycles. The molecule has 16 nitrogen and oxygen atoms in total. The number of benzene rings is 8. The number of carboxylic acids is 2. The monoisotopic (exact) mass is 2830 g/mol. The molecule has 0 aliphatic carbocycles. The van der Waals surface area contributed by atoms with Crippen molar-refractivity contribution in [2.75, 3.05) is 0 Å². The van der Waals surface area contributed by atoms with Crippen LogP contribution in [-0.4, -0.2) is 82.0 Å². The summed E-state index contributed by atoms with van der Waals surface area (Å²) in [6.07, 6.45) is 22.4. The molecule has 11 aromatic heterocycles. The van der Waals surface area contributed by atoms with Crippen molar-refractivity contribution < 1.29 is 177 Å². The Morgan fingerprint density at radius 2 is 0.775 bits per heavy atom. The Bertz CT molecular complexity index is 6300. The third-order valence-corrected chi connectivity index (χ3v) is 18.6. The zero-order valence-corrected chi connectivity index (χ0v) is 82.5. The van der Waals surface area contributed by atoms with E-state index in [1.165, 1.54) is 69.7 Å². The third-order valence-electron chi connectivity index (χ3n) is 16.4. The van der Waals surface area contributed by atoms with Crippen LogP contribution < -0.4 is 0 Å². The number of carbonyl (C=O) groups excluding carboxylic acids is 1. The van der Waals surface area contributed by atoms with Gasteiger partial charge in [0.05, 0.1) is 11.3 Å². The van der Waals surface area contributed by atoms with Crippen LogP contribution in [0.2, 0.25) is 0 Å². The normalized spacial score (nSPS) is 9.80. The fourth-order valence-electron chi connectivity index (χ4n) is 10.7. The van der Waals surface area contributed by atoms with Gasteiger partial charge in [0.2, 0.25) is 0 Å². The molecular weight excluding hydrogens is 2760 g/mol. The fraction of sp³-hybridized carbons (Fsp3) is 0. The van der Waals surface area contributed by atoms with Gasteiger partial charge in [0.25, 0.3) is 0 Å². The molecule has 0 atom stereocenters. The van der Waals surface area contributed by atoms with Gasteiger partial charge in [0.1, 0.15) is 28.1 Å². The second-order valence-corrected chi connectivity index (χ2v) is 27.0. The molecule has 0 fully saturated rings. The fourth-order valence-corrected chi connectivity index (χ4v) is 12.6. The number of pyridine rings is 7. The summed E-state index contributed by atoms with van der Waals surface area (Å²) in [4.78, 5) is 65.5. The van der Waals surface area contributed by atoms with Crippen LogP contribution in [0.15, 0.2) is 383 Å². The molecule has 0 spiro atoms. The number of fused-ring (bicyclic) bond motifs is 2.